The Hall–Kier alpha value is -2.27. The molecule has 0 radical (unpaired) electrons. The number of hydrogen-bond acceptors (Lipinski definition) is 6. The summed E-state index contributed by atoms with van der Waals surface area (Å²) in [5.74, 6) is -0.0476. The van der Waals surface area contributed by atoms with Crippen LogP contribution in [0.25, 0.3) is 5.69 Å². The molecule has 3 heterocycles. The SMILES string of the molecule is O=C(c1cn(-c2ccc(S(=O)(=O)N3CCOCC3)cc2)cn1)N1CCN(C2CCCCC2)CC1. The third kappa shape index (κ3) is 4.91. The van der Waals surface area contributed by atoms with Gasteiger partial charge in [-0.05, 0) is 37.1 Å². The number of sulfonamides is 1. The van der Waals surface area contributed by atoms with Crippen molar-refractivity contribution in [2.75, 3.05) is 52.5 Å². The van der Waals surface area contributed by atoms with E-state index >= 15 is 0 Å². The molecular weight excluding hydrogens is 454 g/mol. The van der Waals surface area contributed by atoms with Crippen LogP contribution in [0.2, 0.25) is 0 Å². The molecule has 1 amide bonds. The maximum atomic E-state index is 13.0. The highest BCUT2D eigenvalue weighted by molar-refractivity contribution is 7.89. The fourth-order valence-electron chi connectivity index (χ4n) is 5.20. The van der Waals surface area contributed by atoms with Gasteiger partial charge in [-0.2, -0.15) is 4.31 Å². The average Bonchev–Trinajstić information content (AvgIpc) is 3.40. The van der Waals surface area contributed by atoms with Crippen molar-refractivity contribution in [1.82, 2.24) is 23.7 Å². The molecule has 0 atom stereocenters. The molecule has 0 spiro atoms. The first-order valence-corrected chi connectivity index (χ1v) is 13.7. The maximum absolute atomic E-state index is 13.0. The second kappa shape index (κ2) is 10.2. The van der Waals surface area contributed by atoms with E-state index in [0.717, 1.165) is 31.9 Å². The minimum absolute atomic E-state index is 0.0476. The molecule has 1 saturated carbocycles. The number of morpholine rings is 1. The van der Waals surface area contributed by atoms with Gasteiger partial charge in [-0.25, -0.2) is 13.4 Å². The topological polar surface area (TPSA) is 88.0 Å². The zero-order valence-electron chi connectivity index (χ0n) is 19.5. The molecule has 0 N–H and O–H groups in total. The van der Waals surface area contributed by atoms with Gasteiger partial charge in [0.05, 0.1) is 18.1 Å². The van der Waals surface area contributed by atoms with Gasteiger partial charge in [0.1, 0.15) is 12.0 Å². The molecule has 3 fully saturated rings. The lowest BCUT2D eigenvalue weighted by atomic mass is 9.94. The minimum atomic E-state index is -3.53. The highest BCUT2D eigenvalue weighted by Gasteiger charge is 2.29. The second-order valence-electron chi connectivity index (χ2n) is 9.30. The van der Waals surface area contributed by atoms with Crippen LogP contribution in [0.15, 0.2) is 41.7 Å². The van der Waals surface area contributed by atoms with Crippen LogP contribution >= 0.6 is 0 Å². The molecule has 2 aromatic rings. The number of amides is 1. The largest absolute Gasteiger partial charge is 0.379 e. The molecular formula is C24H33N5O4S. The quantitative estimate of drug-likeness (QED) is 0.641. The van der Waals surface area contributed by atoms with E-state index in [2.05, 4.69) is 9.88 Å². The van der Waals surface area contributed by atoms with Crippen molar-refractivity contribution in [3.05, 3.63) is 42.5 Å². The number of rotatable bonds is 5. The van der Waals surface area contributed by atoms with Gasteiger partial charge < -0.3 is 14.2 Å². The lowest BCUT2D eigenvalue weighted by molar-refractivity contribution is 0.0519. The molecule has 10 heteroatoms. The zero-order valence-corrected chi connectivity index (χ0v) is 20.3. The predicted octanol–water partition coefficient (Wildman–Crippen LogP) is 1.98. The smallest absolute Gasteiger partial charge is 0.274 e. The number of carbonyl (C=O) groups is 1. The summed E-state index contributed by atoms with van der Waals surface area (Å²) in [7, 11) is -3.53. The first-order chi connectivity index (χ1) is 16.5. The van der Waals surface area contributed by atoms with Crippen LogP contribution in [-0.2, 0) is 14.8 Å². The minimum Gasteiger partial charge on any atom is -0.379 e. The monoisotopic (exact) mass is 487 g/mol. The summed E-state index contributed by atoms with van der Waals surface area (Å²) in [6, 6.07) is 7.37. The van der Waals surface area contributed by atoms with E-state index in [0.29, 0.717) is 38.0 Å². The van der Waals surface area contributed by atoms with Gasteiger partial charge in [-0.15, -0.1) is 0 Å². The molecule has 2 saturated heterocycles. The molecule has 3 aliphatic rings. The fourth-order valence-corrected chi connectivity index (χ4v) is 6.61. The molecule has 0 bridgehead atoms. The van der Waals surface area contributed by atoms with Crippen molar-refractivity contribution in [3.8, 4) is 5.69 Å². The first-order valence-electron chi connectivity index (χ1n) is 12.3. The molecule has 9 nitrogen and oxygen atoms in total. The number of piperazine rings is 1. The molecule has 2 aliphatic heterocycles. The number of ether oxygens (including phenoxy) is 1. The molecule has 1 aromatic heterocycles. The Balaban J connectivity index is 1.21. The van der Waals surface area contributed by atoms with Crippen molar-refractivity contribution in [1.29, 1.82) is 0 Å². The molecule has 5 rings (SSSR count). The molecule has 34 heavy (non-hydrogen) atoms. The molecule has 184 valence electrons. The number of hydrogen-bond donors (Lipinski definition) is 0. The van der Waals surface area contributed by atoms with E-state index in [9.17, 15) is 13.2 Å². The van der Waals surface area contributed by atoms with E-state index in [4.69, 9.17) is 4.74 Å². The van der Waals surface area contributed by atoms with Gasteiger partial charge in [-0.3, -0.25) is 9.69 Å². The summed E-state index contributed by atoms with van der Waals surface area (Å²) in [5, 5.41) is 0. The Labute approximate surface area is 201 Å². The van der Waals surface area contributed by atoms with Crippen molar-refractivity contribution in [2.24, 2.45) is 0 Å². The summed E-state index contributed by atoms with van der Waals surface area (Å²) in [6.45, 7) is 4.88. The Bertz CT molecular complexity index is 1080. The van der Waals surface area contributed by atoms with E-state index in [1.54, 1.807) is 41.4 Å². The van der Waals surface area contributed by atoms with Gasteiger partial charge in [0.2, 0.25) is 10.0 Å². The van der Waals surface area contributed by atoms with E-state index in [-0.39, 0.29) is 10.8 Å². The Kier molecular flexibility index (Phi) is 7.01. The van der Waals surface area contributed by atoms with Crippen LogP contribution in [0.5, 0.6) is 0 Å². The number of aromatic nitrogens is 2. The lowest BCUT2D eigenvalue weighted by Crippen LogP contribution is -2.52. The van der Waals surface area contributed by atoms with Crippen molar-refractivity contribution < 1.29 is 17.9 Å². The highest BCUT2D eigenvalue weighted by Crippen LogP contribution is 2.24. The fraction of sp³-hybridized carbons (Fsp3) is 0.583. The summed E-state index contributed by atoms with van der Waals surface area (Å²) in [5.41, 5.74) is 1.17. The average molecular weight is 488 g/mol. The Morgan fingerprint density at radius 1 is 0.912 bits per heavy atom. The van der Waals surface area contributed by atoms with E-state index < -0.39 is 10.0 Å². The third-order valence-corrected chi connectivity index (χ3v) is 9.15. The van der Waals surface area contributed by atoms with Crippen LogP contribution in [0.3, 0.4) is 0 Å². The van der Waals surface area contributed by atoms with E-state index in [1.807, 2.05) is 4.90 Å². The lowest BCUT2D eigenvalue weighted by Gasteiger charge is -2.40. The van der Waals surface area contributed by atoms with Crippen LogP contribution in [0, 0.1) is 0 Å². The van der Waals surface area contributed by atoms with Crippen molar-refractivity contribution in [3.63, 3.8) is 0 Å². The maximum Gasteiger partial charge on any atom is 0.274 e. The summed E-state index contributed by atoms with van der Waals surface area (Å²) < 4.78 is 34.1. The number of benzene rings is 1. The van der Waals surface area contributed by atoms with Gasteiger partial charge in [-0.1, -0.05) is 19.3 Å². The third-order valence-electron chi connectivity index (χ3n) is 7.24. The number of imidazole rings is 1. The van der Waals surface area contributed by atoms with Gasteiger partial charge >= 0.3 is 0 Å². The number of carbonyl (C=O) groups excluding carboxylic acids is 1. The van der Waals surface area contributed by atoms with Gasteiger partial charge in [0.25, 0.3) is 5.91 Å². The normalized spacial score (nSPS) is 21.6. The predicted molar refractivity (Wildman–Crippen MR) is 127 cm³/mol. The van der Waals surface area contributed by atoms with Crippen LogP contribution in [0.4, 0.5) is 0 Å². The van der Waals surface area contributed by atoms with Crippen molar-refractivity contribution in [2.45, 2.75) is 43.0 Å². The first kappa shape index (κ1) is 23.5. The van der Waals surface area contributed by atoms with Crippen LogP contribution < -0.4 is 0 Å². The summed E-state index contributed by atoms with van der Waals surface area (Å²) in [6.07, 6.45) is 9.89. The molecule has 0 unspecified atom stereocenters. The van der Waals surface area contributed by atoms with Gasteiger partial charge in [0, 0.05) is 57.2 Å². The number of nitrogens with zero attached hydrogens (tertiary/aromatic N) is 5. The second-order valence-corrected chi connectivity index (χ2v) is 11.2. The van der Waals surface area contributed by atoms with Gasteiger partial charge in [0.15, 0.2) is 0 Å². The highest BCUT2D eigenvalue weighted by atomic mass is 32.2. The zero-order chi connectivity index (χ0) is 23.5. The molecule has 1 aliphatic carbocycles. The van der Waals surface area contributed by atoms with Crippen molar-refractivity contribution >= 4 is 15.9 Å². The van der Waals surface area contributed by atoms with Crippen LogP contribution in [0.1, 0.15) is 42.6 Å². The summed E-state index contributed by atoms with van der Waals surface area (Å²) in [4.78, 5) is 22.1. The Morgan fingerprint density at radius 3 is 2.26 bits per heavy atom. The molecule has 1 aromatic carbocycles. The standard InChI is InChI=1S/C24H33N5O4S/c30-24(27-12-10-26(11-13-27)20-4-2-1-3-5-20)23-18-28(19-25-23)21-6-8-22(9-7-21)34(31,32)29-14-16-33-17-15-29/h6-9,18-20H,1-5,10-17H2. The van der Waals surface area contributed by atoms with E-state index in [1.165, 1.54) is 36.4 Å². The Morgan fingerprint density at radius 2 is 1.59 bits per heavy atom. The summed E-state index contributed by atoms with van der Waals surface area (Å²) >= 11 is 0. The van der Waals surface area contributed by atoms with Crippen LogP contribution in [-0.4, -0.2) is 96.5 Å².